The van der Waals surface area contributed by atoms with Gasteiger partial charge in [0.25, 0.3) is 0 Å². The van der Waals surface area contributed by atoms with Crippen molar-refractivity contribution >= 4 is 33.4 Å². The number of aryl methyl sites for hydroxylation is 1. The van der Waals surface area contributed by atoms with Crippen LogP contribution in [0.4, 0.5) is 0 Å². The summed E-state index contributed by atoms with van der Waals surface area (Å²) in [6.07, 6.45) is 5.42. The zero-order chi connectivity index (χ0) is 29.4. The molecule has 2 amide bonds. The van der Waals surface area contributed by atoms with E-state index >= 15 is 0 Å². The molecule has 0 aliphatic heterocycles. The monoisotopic (exact) mass is 595 g/mol. The number of rotatable bonds is 11. The lowest BCUT2D eigenvalue weighted by Crippen LogP contribution is -2.54. The van der Waals surface area contributed by atoms with Gasteiger partial charge in [-0.1, -0.05) is 91.0 Å². The van der Waals surface area contributed by atoms with Crippen LogP contribution in [-0.2, 0) is 32.6 Å². The summed E-state index contributed by atoms with van der Waals surface area (Å²) in [5, 5.41) is 3.62. The number of carbonyl (C=O) groups excluding carboxylic acids is 2. The number of benzene rings is 3. The van der Waals surface area contributed by atoms with Gasteiger partial charge in [-0.25, -0.2) is 8.42 Å². The molecule has 1 aliphatic carbocycles. The van der Waals surface area contributed by atoms with Gasteiger partial charge in [0.1, 0.15) is 6.04 Å². The Morgan fingerprint density at radius 1 is 0.902 bits per heavy atom. The Labute approximate surface area is 248 Å². The highest BCUT2D eigenvalue weighted by Gasteiger charge is 2.34. The smallest absolute Gasteiger partial charge is 0.243 e. The molecule has 0 aromatic heterocycles. The van der Waals surface area contributed by atoms with Crippen LogP contribution in [0.15, 0.2) is 83.8 Å². The predicted molar refractivity (Wildman–Crippen MR) is 162 cm³/mol. The van der Waals surface area contributed by atoms with E-state index in [9.17, 15) is 18.0 Å². The van der Waals surface area contributed by atoms with Gasteiger partial charge in [-0.2, -0.15) is 4.31 Å². The van der Waals surface area contributed by atoms with Crippen molar-refractivity contribution in [3.63, 3.8) is 0 Å². The average molecular weight is 596 g/mol. The molecule has 1 N–H and O–H groups in total. The van der Waals surface area contributed by atoms with E-state index in [-0.39, 0.29) is 23.4 Å². The van der Waals surface area contributed by atoms with Gasteiger partial charge in [0, 0.05) is 31.1 Å². The van der Waals surface area contributed by atoms with Crippen molar-refractivity contribution in [2.24, 2.45) is 0 Å². The highest BCUT2D eigenvalue weighted by molar-refractivity contribution is 7.89. The van der Waals surface area contributed by atoms with Crippen LogP contribution < -0.4 is 5.32 Å². The molecule has 218 valence electrons. The zero-order valence-electron chi connectivity index (χ0n) is 23.6. The molecule has 1 unspecified atom stereocenters. The molecule has 1 aliphatic rings. The molecule has 0 saturated heterocycles. The summed E-state index contributed by atoms with van der Waals surface area (Å²) in [5.41, 5.74) is 2.85. The number of carbonyl (C=O) groups is 2. The van der Waals surface area contributed by atoms with E-state index in [0.717, 1.165) is 53.1 Å². The minimum absolute atomic E-state index is 0.0400. The molecule has 0 bridgehead atoms. The Morgan fingerprint density at radius 3 is 2.17 bits per heavy atom. The fourth-order valence-electron chi connectivity index (χ4n) is 5.14. The maximum Gasteiger partial charge on any atom is 0.243 e. The molecule has 1 fully saturated rings. The van der Waals surface area contributed by atoms with E-state index in [1.165, 1.54) is 36.2 Å². The third-order valence-corrected chi connectivity index (χ3v) is 9.65. The molecule has 3 aromatic carbocycles. The van der Waals surface area contributed by atoms with Crippen molar-refractivity contribution in [1.29, 1.82) is 0 Å². The third kappa shape index (κ3) is 8.41. The van der Waals surface area contributed by atoms with Crippen molar-refractivity contribution in [1.82, 2.24) is 14.5 Å². The molecule has 1 atom stereocenters. The third-order valence-electron chi connectivity index (χ3n) is 7.58. The summed E-state index contributed by atoms with van der Waals surface area (Å²) < 4.78 is 27.6. The summed E-state index contributed by atoms with van der Waals surface area (Å²) >= 11 is 5.95. The maximum atomic E-state index is 14.0. The molecule has 3 aromatic rings. The summed E-state index contributed by atoms with van der Waals surface area (Å²) in [7, 11) is -2.59. The van der Waals surface area contributed by atoms with E-state index in [0.29, 0.717) is 11.4 Å². The molecular formula is C32H38ClN3O4S. The van der Waals surface area contributed by atoms with Crippen LogP contribution >= 0.6 is 11.6 Å². The Kier molecular flexibility index (Phi) is 10.6. The van der Waals surface area contributed by atoms with E-state index in [1.54, 1.807) is 0 Å². The predicted octanol–water partition coefficient (Wildman–Crippen LogP) is 5.36. The molecule has 7 nitrogen and oxygen atoms in total. The van der Waals surface area contributed by atoms with Gasteiger partial charge in [-0.3, -0.25) is 9.59 Å². The number of sulfonamides is 1. The van der Waals surface area contributed by atoms with Crippen molar-refractivity contribution in [3.05, 3.63) is 101 Å². The lowest BCUT2D eigenvalue weighted by molar-refractivity contribution is -0.141. The van der Waals surface area contributed by atoms with Gasteiger partial charge >= 0.3 is 0 Å². The topological polar surface area (TPSA) is 86.8 Å². The van der Waals surface area contributed by atoms with Gasteiger partial charge in [-0.15, -0.1) is 0 Å². The first-order valence-electron chi connectivity index (χ1n) is 14.0. The van der Waals surface area contributed by atoms with Crippen LogP contribution in [0, 0.1) is 6.92 Å². The van der Waals surface area contributed by atoms with Gasteiger partial charge in [-0.05, 0) is 55.2 Å². The fraction of sp³-hybridized carbons (Fsp3) is 0.375. The Bertz CT molecular complexity index is 1410. The van der Waals surface area contributed by atoms with E-state index in [1.807, 2.05) is 61.5 Å². The minimum Gasteiger partial charge on any atom is -0.352 e. The van der Waals surface area contributed by atoms with E-state index in [4.69, 9.17) is 11.6 Å². The highest BCUT2D eigenvalue weighted by atomic mass is 35.5. The van der Waals surface area contributed by atoms with Gasteiger partial charge in [0.05, 0.1) is 11.4 Å². The first-order valence-corrected chi connectivity index (χ1v) is 15.9. The Balaban J connectivity index is 1.65. The number of hydrogen-bond acceptors (Lipinski definition) is 4. The molecule has 9 heteroatoms. The number of hydrogen-bond donors (Lipinski definition) is 1. The second-order valence-corrected chi connectivity index (χ2v) is 13.3. The summed E-state index contributed by atoms with van der Waals surface area (Å²) in [6, 6.07) is 22.5. The van der Waals surface area contributed by atoms with E-state index in [2.05, 4.69) is 5.32 Å². The van der Waals surface area contributed by atoms with Crippen LogP contribution in [0.1, 0.15) is 48.8 Å². The van der Waals surface area contributed by atoms with Crippen LogP contribution in [0.3, 0.4) is 0 Å². The normalized spacial score (nSPS) is 14.9. The summed E-state index contributed by atoms with van der Waals surface area (Å²) in [4.78, 5) is 29.5. The Hall–Kier alpha value is -3.20. The largest absolute Gasteiger partial charge is 0.352 e. The molecular weight excluding hydrogens is 558 g/mol. The summed E-state index contributed by atoms with van der Waals surface area (Å²) in [6.45, 7) is 1.74. The first kappa shape index (κ1) is 30.8. The standard InChI is InChI=1S/C32H38ClN3O4S/c1-24-13-15-26(16-14-24)22-36(31(37)23-35(2)41(39,40)29-19-17-27(33)18-20-29)30(21-25-9-5-3-6-10-25)32(38)34-28-11-7-4-8-12-28/h3,5-6,9-10,13-20,28,30H,4,7-8,11-12,21-23H2,1-2H3,(H,34,38). The van der Waals surface area contributed by atoms with Crippen LogP contribution in [0.5, 0.6) is 0 Å². The summed E-state index contributed by atoms with van der Waals surface area (Å²) in [5.74, 6) is -0.672. The number of nitrogens with one attached hydrogen (secondary N) is 1. The van der Waals surface area contributed by atoms with Crippen LogP contribution in [0.25, 0.3) is 0 Å². The molecule has 41 heavy (non-hydrogen) atoms. The van der Waals surface area contributed by atoms with Gasteiger partial charge in [0.15, 0.2) is 0 Å². The van der Waals surface area contributed by atoms with Gasteiger partial charge < -0.3 is 10.2 Å². The Morgan fingerprint density at radius 2 is 1.54 bits per heavy atom. The number of halogens is 1. The van der Waals surface area contributed by atoms with Crippen molar-refractivity contribution < 1.29 is 18.0 Å². The average Bonchev–Trinajstić information content (AvgIpc) is 2.97. The van der Waals surface area contributed by atoms with Crippen molar-refractivity contribution in [2.75, 3.05) is 13.6 Å². The molecule has 1 saturated carbocycles. The lowest BCUT2D eigenvalue weighted by atomic mass is 9.94. The number of nitrogens with zero attached hydrogens (tertiary/aromatic N) is 2. The SMILES string of the molecule is Cc1ccc(CN(C(=O)CN(C)S(=O)(=O)c2ccc(Cl)cc2)C(Cc2ccccc2)C(=O)NC2CCCCC2)cc1. The minimum atomic E-state index is -3.96. The molecule has 4 rings (SSSR count). The second kappa shape index (κ2) is 14.1. The first-order chi connectivity index (χ1) is 19.6. The van der Waals surface area contributed by atoms with Gasteiger partial charge in [0.2, 0.25) is 21.8 Å². The molecule has 0 heterocycles. The lowest BCUT2D eigenvalue weighted by Gasteiger charge is -2.34. The fourth-order valence-corrected chi connectivity index (χ4v) is 6.39. The van der Waals surface area contributed by atoms with Crippen molar-refractivity contribution in [2.45, 2.75) is 69.0 Å². The van der Waals surface area contributed by atoms with Crippen LogP contribution in [0.2, 0.25) is 5.02 Å². The molecule has 0 spiro atoms. The van der Waals surface area contributed by atoms with E-state index < -0.39 is 28.5 Å². The quantitative estimate of drug-likeness (QED) is 0.323. The highest BCUT2D eigenvalue weighted by Crippen LogP contribution is 2.22. The van der Waals surface area contributed by atoms with Crippen LogP contribution in [-0.4, -0.2) is 55.1 Å². The number of amides is 2. The maximum absolute atomic E-state index is 14.0. The van der Waals surface area contributed by atoms with Crippen molar-refractivity contribution in [3.8, 4) is 0 Å². The number of likely N-dealkylation sites (N-methyl/N-ethyl adjacent to an activating group) is 1. The second-order valence-electron chi connectivity index (χ2n) is 10.8. The molecule has 0 radical (unpaired) electrons. The zero-order valence-corrected chi connectivity index (χ0v) is 25.2.